The molecule has 7 atom stereocenters. The van der Waals surface area contributed by atoms with Crippen LogP contribution in [0.3, 0.4) is 0 Å². The van der Waals surface area contributed by atoms with Crippen molar-refractivity contribution in [2.45, 2.75) is 42.9 Å². The third-order valence-electron chi connectivity index (χ3n) is 9.12. The van der Waals surface area contributed by atoms with Crippen molar-refractivity contribution in [3.8, 4) is 0 Å². The van der Waals surface area contributed by atoms with Crippen LogP contribution in [0.4, 0.5) is 5.69 Å². The highest BCUT2D eigenvalue weighted by molar-refractivity contribution is 7.80. The van der Waals surface area contributed by atoms with Crippen molar-refractivity contribution in [3.63, 3.8) is 0 Å². The average molecular weight is 462 g/mol. The summed E-state index contributed by atoms with van der Waals surface area (Å²) in [6.07, 6.45) is 5.51. The van der Waals surface area contributed by atoms with Crippen LogP contribution in [0, 0.1) is 11.8 Å². The van der Waals surface area contributed by atoms with Crippen molar-refractivity contribution < 1.29 is 31.2 Å². The second-order valence-electron chi connectivity index (χ2n) is 10.3. The summed E-state index contributed by atoms with van der Waals surface area (Å²) in [7, 11) is -0.823. The van der Waals surface area contributed by atoms with Crippen molar-refractivity contribution in [2.75, 3.05) is 38.8 Å². The zero-order chi connectivity index (χ0) is 22.5. The number of hydrogen-bond acceptors (Lipinski definition) is 5. The van der Waals surface area contributed by atoms with Crippen molar-refractivity contribution in [2.24, 2.45) is 11.8 Å². The zero-order valence-electron chi connectivity index (χ0n) is 18.3. The van der Waals surface area contributed by atoms with E-state index in [-0.39, 0.29) is 17.4 Å². The van der Waals surface area contributed by atoms with Crippen LogP contribution < -0.4 is 4.90 Å². The third kappa shape index (κ3) is 2.57. The number of amides is 1. The number of benzene rings is 1. The molecule has 0 radical (unpaired) electrons. The molecule has 0 aromatic heterocycles. The fourth-order valence-electron chi connectivity index (χ4n) is 8.14. The fourth-order valence-corrected chi connectivity index (χ4v) is 8.14. The first-order chi connectivity index (χ1) is 15.2. The van der Waals surface area contributed by atoms with Gasteiger partial charge in [0.05, 0.1) is 51.3 Å². The second-order valence-corrected chi connectivity index (χ2v) is 11.5. The molecule has 1 spiro atoms. The predicted molar refractivity (Wildman–Crippen MR) is 116 cm³/mol. The van der Waals surface area contributed by atoms with Crippen molar-refractivity contribution >= 4 is 22.0 Å². The van der Waals surface area contributed by atoms with E-state index in [0.29, 0.717) is 36.9 Å². The van der Waals surface area contributed by atoms with Crippen LogP contribution in [-0.4, -0.2) is 75.4 Å². The first kappa shape index (κ1) is 20.8. The molecule has 8 nitrogen and oxygen atoms in total. The minimum Gasteiger partial charge on any atom is -0.373 e. The number of fused-ring (bicyclic) bond motifs is 2. The number of rotatable bonds is 1. The Bertz CT molecular complexity index is 1140. The van der Waals surface area contributed by atoms with E-state index >= 15 is 0 Å². The maximum atomic E-state index is 13.3. The Balaban J connectivity index is 0.000000292. The lowest BCUT2D eigenvalue weighted by Gasteiger charge is -2.59. The summed E-state index contributed by atoms with van der Waals surface area (Å²) in [5.41, 5.74) is 4.43. The van der Waals surface area contributed by atoms with E-state index in [0.717, 1.165) is 11.6 Å². The third-order valence-corrected chi connectivity index (χ3v) is 9.54. The molecule has 1 N–H and O–H groups in total. The smallest absolute Gasteiger partial charge is 0.373 e. The summed E-state index contributed by atoms with van der Waals surface area (Å²) in [4.78, 5) is 15.5. The molecule has 3 saturated heterocycles. The topological polar surface area (TPSA) is 93.1 Å². The van der Waals surface area contributed by atoms with Crippen molar-refractivity contribution in [1.29, 1.82) is 0 Å². The summed E-state index contributed by atoms with van der Waals surface area (Å²) in [5.74, 6) is 1.36. The van der Waals surface area contributed by atoms with Gasteiger partial charge < -0.3 is 14.1 Å². The predicted octanol–water partition coefficient (Wildman–Crippen LogP) is 1.67. The summed E-state index contributed by atoms with van der Waals surface area (Å²) in [6.45, 7) is 3.12. The summed E-state index contributed by atoms with van der Waals surface area (Å²) >= 11 is 0. The molecule has 1 aromatic rings. The molecule has 4 fully saturated rings. The Kier molecular flexibility index (Phi) is 4.31. The van der Waals surface area contributed by atoms with Gasteiger partial charge in [0, 0.05) is 24.4 Å². The van der Waals surface area contributed by atoms with Crippen LogP contribution in [0.2, 0.25) is 0 Å². The van der Waals surface area contributed by atoms with Crippen LogP contribution in [0.15, 0.2) is 35.9 Å². The lowest BCUT2D eigenvalue weighted by atomic mass is 9.53. The molecule has 1 aromatic carbocycles. The Morgan fingerprint density at radius 2 is 2.06 bits per heavy atom. The quantitative estimate of drug-likeness (QED) is 0.389. The standard InChI is InChI=1S/C22H25N2O2.CH4O4S/c1-24-8-7-22-15-4-2-3-5-16(15)23-19(25)11-17-20(21(22)23)14(10-18(22)24)13(12-24)6-9-26-17;1-5-6(2,3)4/h2-6,14,17-18,20-21H,7-12H2,1H3;1H3,(H,2,3,4)/q+1;. The first-order valence-electron chi connectivity index (χ1n) is 11.3. The maximum Gasteiger partial charge on any atom is 0.397 e. The number of piperidine rings is 2. The lowest BCUT2D eigenvalue weighted by Crippen LogP contribution is -2.72. The van der Waals surface area contributed by atoms with E-state index in [2.05, 4.69) is 46.5 Å². The number of likely N-dealkylation sites (N-methyl/N-ethyl adjacent to an activating group) is 1. The van der Waals surface area contributed by atoms with Gasteiger partial charge in [-0.1, -0.05) is 24.3 Å². The van der Waals surface area contributed by atoms with Crippen LogP contribution in [0.5, 0.6) is 0 Å². The van der Waals surface area contributed by atoms with Crippen molar-refractivity contribution in [1.82, 2.24) is 0 Å². The SMILES string of the molecule is COS(=O)(=O)O.C[N+]12CCC34c5ccccc5N5C(=O)CC6OCC=C(C1)C(CC32)C6C54. The minimum atomic E-state index is -4.16. The summed E-state index contributed by atoms with van der Waals surface area (Å²) in [5, 5.41) is 0. The molecular formula is C23H29N2O6S+. The molecule has 1 amide bonds. The number of hydrogen-bond donors (Lipinski definition) is 1. The van der Waals surface area contributed by atoms with Crippen molar-refractivity contribution in [3.05, 3.63) is 41.5 Å². The molecule has 9 heteroatoms. The lowest BCUT2D eigenvalue weighted by molar-refractivity contribution is -0.925. The molecule has 5 aliphatic heterocycles. The van der Waals surface area contributed by atoms with Crippen LogP contribution in [-0.2, 0) is 29.5 Å². The van der Waals surface area contributed by atoms with Crippen LogP contribution in [0.25, 0.3) is 0 Å². The average Bonchev–Trinajstić information content (AvgIpc) is 3.17. The van der Waals surface area contributed by atoms with E-state index in [1.807, 2.05) is 0 Å². The van der Waals surface area contributed by atoms with Gasteiger partial charge >= 0.3 is 10.4 Å². The summed E-state index contributed by atoms with van der Waals surface area (Å²) in [6, 6.07) is 9.76. The molecule has 2 bridgehead atoms. The van der Waals surface area contributed by atoms with Gasteiger partial charge in [0.15, 0.2) is 0 Å². The van der Waals surface area contributed by atoms with Crippen LogP contribution >= 0.6 is 0 Å². The van der Waals surface area contributed by atoms with E-state index in [9.17, 15) is 13.2 Å². The maximum absolute atomic E-state index is 13.3. The normalized spacial score (nSPS) is 42.5. The molecule has 7 unspecified atom stereocenters. The summed E-state index contributed by atoms with van der Waals surface area (Å²) < 4.78 is 37.2. The number of quaternary nitrogens is 1. The number of carbonyl (C=O) groups excluding carboxylic acids is 1. The zero-order valence-corrected chi connectivity index (χ0v) is 19.1. The van der Waals surface area contributed by atoms with E-state index in [4.69, 9.17) is 9.29 Å². The van der Waals surface area contributed by atoms with E-state index < -0.39 is 10.4 Å². The molecule has 6 aliphatic rings. The van der Waals surface area contributed by atoms with Gasteiger partial charge in [0.1, 0.15) is 12.6 Å². The molecular weight excluding hydrogens is 432 g/mol. The number of ether oxygens (including phenoxy) is 1. The number of carbonyl (C=O) groups is 1. The molecule has 172 valence electrons. The van der Waals surface area contributed by atoms with Gasteiger partial charge in [-0.3, -0.25) is 13.5 Å². The molecule has 5 heterocycles. The Labute approximate surface area is 188 Å². The fraction of sp³-hybridized carbons (Fsp3) is 0.609. The van der Waals surface area contributed by atoms with Gasteiger partial charge in [-0.25, -0.2) is 0 Å². The van der Waals surface area contributed by atoms with Crippen LogP contribution in [0.1, 0.15) is 24.8 Å². The van der Waals surface area contributed by atoms with Gasteiger partial charge in [0.2, 0.25) is 5.91 Å². The highest BCUT2D eigenvalue weighted by atomic mass is 32.3. The van der Waals surface area contributed by atoms with E-state index in [1.165, 1.54) is 37.2 Å². The largest absolute Gasteiger partial charge is 0.397 e. The van der Waals surface area contributed by atoms with Gasteiger partial charge in [-0.15, -0.1) is 0 Å². The highest BCUT2D eigenvalue weighted by Gasteiger charge is 2.75. The Morgan fingerprint density at radius 3 is 2.81 bits per heavy atom. The molecule has 1 aliphatic carbocycles. The molecule has 32 heavy (non-hydrogen) atoms. The second kappa shape index (κ2) is 6.64. The monoisotopic (exact) mass is 461 g/mol. The first-order valence-corrected chi connectivity index (χ1v) is 12.7. The van der Waals surface area contributed by atoms with Gasteiger partial charge in [-0.2, -0.15) is 8.42 Å². The van der Waals surface area contributed by atoms with Gasteiger partial charge in [-0.05, 0) is 23.1 Å². The number of para-hydroxylation sites is 1. The Hall–Kier alpha value is -1.78. The molecule has 1 saturated carbocycles. The minimum absolute atomic E-state index is 0.104. The van der Waals surface area contributed by atoms with E-state index in [1.54, 1.807) is 5.57 Å². The van der Waals surface area contributed by atoms with Gasteiger partial charge in [0.25, 0.3) is 0 Å². The Morgan fingerprint density at radius 1 is 1.31 bits per heavy atom. The number of nitrogens with zero attached hydrogens (tertiary/aromatic N) is 2. The molecule has 7 rings (SSSR count). The number of anilines is 1. The highest BCUT2D eigenvalue weighted by Crippen LogP contribution is 2.67.